The predicted octanol–water partition coefficient (Wildman–Crippen LogP) is 3.11. The molecule has 0 radical (unpaired) electrons. The Hall–Kier alpha value is -2.99. The first-order valence-corrected chi connectivity index (χ1v) is 9.62. The Labute approximate surface area is 162 Å². The van der Waals surface area contributed by atoms with Crippen molar-refractivity contribution in [2.24, 2.45) is 0 Å². The molecule has 0 aliphatic rings. The van der Waals surface area contributed by atoms with E-state index in [1.54, 1.807) is 17.6 Å². The van der Waals surface area contributed by atoms with Crippen LogP contribution in [0.15, 0.2) is 65.5 Å². The molecule has 3 rings (SSSR count). The predicted molar refractivity (Wildman–Crippen MR) is 107 cm³/mol. The van der Waals surface area contributed by atoms with Crippen LogP contribution >= 0.6 is 11.3 Å². The van der Waals surface area contributed by atoms with Crippen molar-refractivity contribution in [3.05, 3.63) is 87.9 Å². The van der Waals surface area contributed by atoms with Crippen LogP contribution in [-0.2, 0) is 17.8 Å². The Balaban J connectivity index is 1.70. The van der Waals surface area contributed by atoms with Gasteiger partial charge in [-0.3, -0.25) is 9.59 Å². The molecule has 138 valence electrons. The Bertz CT molecular complexity index is 878. The molecule has 0 bridgehead atoms. The molecule has 0 unspecified atom stereocenters. The highest BCUT2D eigenvalue weighted by Gasteiger charge is 2.22. The summed E-state index contributed by atoms with van der Waals surface area (Å²) in [5, 5.41) is 7.61. The number of amides is 2. The second-order valence-corrected chi connectivity index (χ2v) is 7.00. The quantitative estimate of drug-likeness (QED) is 0.663. The van der Waals surface area contributed by atoms with Crippen molar-refractivity contribution in [2.45, 2.75) is 25.9 Å². The van der Waals surface area contributed by atoms with Crippen LogP contribution in [0.1, 0.15) is 27.2 Å². The van der Waals surface area contributed by atoms with Gasteiger partial charge in [-0.25, -0.2) is 4.98 Å². The lowest BCUT2D eigenvalue weighted by molar-refractivity contribution is -0.123. The molecule has 1 heterocycles. The zero-order valence-electron chi connectivity index (χ0n) is 15.0. The van der Waals surface area contributed by atoms with Gasteiger partial charge < -0.3 is 10.6 Å². The van der Waals surface area contributed by atoms with Gasteiger partial charge in [-0.05, 0) is 24.6 Å². The summed E-state index contributed by atoms with van der Waals surface area (Å²) < 4.78 is 0. The van der Waals surface area contributed by atoms with E-state index in [0.717, 1.165) is 16.8 Å². The fourth-order valence-corrected chi connectivity index (χ4v) is 3.19. The highest BCUT2D eigenvalue weighted by atomic mass is 32.1. The molecular formula is C21H21N3O2S. The van der Waals surface area contributed by atoms with Crippen molar-refractivity contribution < 1.29 is 9.59 Å². The molecular weight excluding hydrogens is 358 g/mol. The molecule has 2 N–H and O–H groups in total. The van der Waals surface area contributed by atoms with E-state index in [9.17, 15) is 9.59 Å². The molecule has 2 aromatic carbocycles. The van der Waals surface area contributed by atoms with Crippen LogP contribution in [0, 0.1) is 6.92 Å². The lowest BCUT2D eigenvalue weighted by atomic mass is 10.0. The van der Waals surface area contributed by atoms with Crippen LogP contribution in [0.4, 0.5) is 0 Å². The third kappa shape index (κ3) is 5.49. The normalized spacial score (nSPS) is 11.6. The monoisotopic (exact) mass is 379 g/mol. The van der Waals surface area contributed by atoms with E-state index in [0.29, 0.717) is 18.5 Å². The van der Waals surface area contributed by atoms with E-state index in [2.05, 4.69) is 15.6 Å². The minimum atomic E-state index is -0.667. The number of rotatable bonds is 7. The number of carbonyl (C=O) groups excluding carboxylic acids is 2. The number of carbonyl (C=O) groups is 2. The minimum Gasteiger partial charge on any atom is -0.349 e. The maximum atomic E-state index is 12.7. The number of hydrogen-bond acceptors (Lipinski definition) is 4. The molecule has 2 amide bonds. The van der Waals surface area contributed by atoms with Crippen molar-refractivity contribution in [3.63, 3.8) is 0 Å². The molecule has 0 aliphatic carbocycles. The fraction of sp³-hybridized carbons (Fsp3) is 0.190. The van der Waals surface area contributed by atoms with Gasteiger partial charge in [-0.15, -0.1) is 11.3 Å². The first-order valence-electron chi connectivity index (χ1n) is 8.68. The Morgan fingerprint density at radius 2 is 1.81 bits per heavy atom. The number of thiazole rings is 1. The summed E-state index contributed by atoms with van der Waals surface area (Å²) in [6, 6.07) is 16.3. The maximum absolute atomic E-state index is 12.7. The molecule has 1 aromatic heterocycles. The summed E-state index contributed by atoms with van der Waals surface area (Å²) in [6.07, 6.45) is 0.418. The van der Waals surface area contributed by atoms with Gasteiger partial charge in [0.05, 0.1) is 17.7 Å². The average molecular weight is 379 g/mol. The third-order valence-electron chi connectivity index (χ3n) is 4.15. The summed E-state index contributed by atoms with van der Waals surface area (Å²) in [5.41, 5.74) is 5.12. The molecule has 0 saturated heterocycles. The van der Waals surface area contributed by atoms with E-state index in [1.807, 2.05) is 54.8 Å². The number of nitrogens with one attached hydrogen (secondary N) is 2. The van der Waals surface area contributed by atoms with E-state index < -0.39 is 6.04 Å². The van der Waals surface area contributed by atoms with Crippen molar-refractivity contribution in [1.29, 1.82) is 0 Å². The van der Waals surface area contributed by atoms with Crippen LogP contribution in [0.25, 0.3) is 0 Å². The highest BCUT2D eigenvalue weighted by Crippen LogP contribution is 2.08. The molecule has 0 saturated carbocycles. The molecule has 27 heavy (non-hydrogen) atoms. The van der Waals surface area contributed by atoms with E-state index in [1.165, 1.54) is 11.3 Å². The third-order valence-corrected chi connectivity index (χ3v) is 4.78. The zero-order chi connectivity index (χ0) is 19.1. The van der Waals surface area contributed by atoms with Gasteiger partial charge in [0.1, 0.15) is 6.04 Å². The van der Waals surface area contributed by atoms with Gasteiger partial charge in [-0.2, -0.15) is 0 Å². The number of aromatic nitrogens is 1. The van der Waals surface area contributed by atoms with Crippen LogP contribution in [0.2, 0.25) is 0 Å². The molecule has 3 aromatic rings. The summed E-state index contributed by atoms with van der Waals surface area (Å²) in [6.45, 7) is 2.31. The van der Waals surface area contributed by atoms with Crippen molar-refractivity contribution in [1.82, 2.24) is 15.6 Å². The van der Waals surface area contributed by atoms with Gasteiger partial charge in [0.15, 0.2) is 0 Å². The second-order valence-electron chi connectivity index (χ2n) is 6.28. The van der Waals surface area contributed by atoms with Gasteiger partial charge >= 0.3 is 0 Å². The van der Waals surface area contributed by atoms with Crippen LogP contribution in [0.3, 0.4) is 0 Å². The summed E-state index contributed by atoms with van der Waals surface area (Å²) >= 11 is 1.48. The number of aryl methyl sites for hydroxylation is 1. The molecule has 0 fully saturated rings. The van der Waals surface area contributed by atoms with E-state index in [-0.39, 0.29) is 11.8 Å². The summed E-state index contributed by atoms with van der Waals surface area (Å²) in [7, 11) is 0. The topological polar surface area (TPSA) is 71.1 Å². The van der Waals surface area contributed by atoms with Crippen LogP contribution in [0.5, 0.6) is 0 Å². The smallest absolute Gasteiger partial charge is 0.251 e. The molecule has 0 spiro atoms. The maximum Gasteiger partial charge on any atom is 0.251 e. The average Bonchev–Trinajstić information content (AvgIpc) is 3.20. The SMILES string of the molecule is Cc1ccc(C(=O)N[C@H](Cc2ccccc2)C(=O)NCc2cscn2)cc1. The van der Waals surface area contributed by atoms with Crippen molar-refractivity contribution in [2.75, 3.05) is 0 Å². The van der Waals surface area contributed by atoms with Gasteiger partial charge in [-0.1, -0.05) is 48.0 Å². The fourth-order valence-electron chi connectivity index (χ4n) is 2.63. The highest BCUT2D eigenvalue weighted by molar-refractivity contribution is 7.07. The van der Waals surface area contributed by atoms with E-state index in [4.69, 9.17) is 0 Å². The first kappa shape index (κ1) is 18.8. The largest absolute Gasteiger partial charge is 0.349 e. The van der Waals surface area contributed by atoms with Crippen molar-refractivity contribution in [3.8, 4) is 0 Å². The Morgan fingerprint density at radius 3 is 2.48 bits per heavy atom. The molecule has 6 heteroatoms. The second kappa shape index (κ2) is 9.09. The lowest BCUT2D eigenvalue weighted by Gasteiger charge is -2.18. The molecule has 1 atom stereocenters. The lowest BCUT2D eigenvalue weighted by Crippen LogP contribution is -2.47. The van der Waals surface area contributed by atoms with Gasteiger partial charge in [0.2, 0.25) is 5.91 Å². The van der Waals surface area contributed by atoms with Crippen molar-refractivity contribution >= 4 is 23.2 Å². The van der Waals surface area contributed by atoms with Crippen LogP contribution < -0.4 is 10.6 Å². The summed E-state index contributed by atoms with van der Waals surface area (Å²) in [4.78, 5) is 29.5. The van der Waals surface area contributed by atoms with Gasteiger partial charge in [0.25, 0.3) is 5.91 Å². The Kier molecular flexibility index (Phi) is 6.33. The van der Waals surface area contributed by atoms with Crippen LogP contribution in [-0.4, -0.2) is 22.8 Å². The van der Waals surface area contributed by atoms with E-state index >= 15 is 0 Å². The number of benzene rings is 2. The first-order chi connectivity index (χ1) is 13.1. The summed E-state index contributed by atoms with van der Waals surface area (Å²) in [5.74, 6) is -0.493. The van der Waals surface area contributed by atoms with Gasteiger partial charge in [0, 0.05) is 17.4 Å². The number of nitrogens with zero attached hydrogens (tertiary/aromatic N) is 1. The minimum absolute atomic E-state index is 0.229. The standard InChI is InChI=1S/C21H21N3O2S/c1-15-7-9-17(10-8-15)20(25)24-19(11-16-5-3-2-4-6-16)21(26)22-12-18-13-27-14-23-18/h2-10,13-14,19H,11-12H2,1H3,(H,22,26)(H,24,25)/t19-/m1/s1. The zero-order valence-corrected chi connectivity index (χ0v) is 15.8. The Morgan fingerprint density at radius 1 is 1.07 bits per heavy atom. The molecule has 0 aliphatic heterocycles. The number of hydrogen-bond donors (Lipinski definition) is 2. The molecule has 5 nitrogen and oxygen atoms in total.